The fraction of sp³-hybridized carbons (Fsp3) is 0.933. The molecule has 1 amide bonds. The predicted octanol–water partition coefficient (Wildman–Crippen LogP) is 0.729. The molecule has 0 radical (unpaired) electrons. The van der Waals surface area contributed by atoms with Gasteiger partial charge in [-0.3, -0.25) is 9.69 Å². The number of carbonyl (C=O) groups excluding carboxylic acids is 1. The van der Waals surface area contributed by atoms with Gasteiger partial charge in [-0.15, -0.1) is 0 Å². The molecule has 1 aliphatic heterocycles. The van der Waals surface area contributed by atoms with E-state index in [1.807, 2.05) is 6.92 Å². The van der Waals surface area contributed by atoms with Gasteiger partial charge in [-0.05, 0) is 26.2 Å². The summed E-state index contributed by atoms with van der Waals surface area (Å²) in [7, 11) is 0. The van der Waals surface area contributed by atoms with Crippen LogP contribution in [0, 0.1) is 5.41 Å². The van der Waals surface area contributed by atoms with E-state index >= 15 is 0 Å². The number of likely N-dealkylation sites (tertiary alicyclic amines) is 1. The van der Waals surface area contributed by atoms with Crippen LogP contribution in [0.1, 0.15) is 40.0 Å². The van der Waals surface area contributed by atoms with E-state index in [9.17, 15) is 4.79 Å². The molecular formula is C15H29N3O2. The monoisotopic (exact) mass is 283 g/mol. The number of nitrogens with zero attached hydrogens (tertiary/aromatic N) is 1. The molecule has 2 unspecified atom stereocenters. The molecule has 2 rings (SSSR count). The van der Waals surface area contributed by atoms with Gasteiger partial charge in [0, 0.05) is 37.2 Å². The SMILES string of the molecule is CCOC1CC(NC(=O)CN2CCC(N)CC2)C1(C)C. The Labute approximate surface area is 122 Å². The zero-order valence-electron chi connectivity index (χ0n) is 13.0. The van der Waals surface area contributed by atoms with Gasteiger partial charge in [0.1, 0.15) is 0 Å². The highest BCUT2D eigenvalue weighted by molar-refractivity contribution is 5.78. The number of piperidine rings is 1. The van der Waals surface area contributed by atoms with Crippen molar-refractivity contribution in [2.75, 3.05) is 26.2 Å². The number of rotatable bonds is 5. The molecule has 0 spiro atoms. The Kier molecular flexibility index (Phi) is 5.04. The van der Waals surface area contributed by atoms with E-state index in [4.69, 9.17) is 10.5 Å². The van der Waals surface area contributed by atoms with Crippen molar-refractivity contribution in [1.29, 1.82) is 0 Å². The van der Waals surface area contributed by atoms with Crippen molar-refractivity contribution in [3.05, 3.63) is 0 Å². The lowest BCUT2D eigenvalue weighted by Gasteiger charge is -2.51. The lowest BCUT2D eigenvalue weighted by molar-refractivity contribution is -0.137. The maximum atomic E-state index is 12.1. The molecule has 1 saturated heterocycles. The molecule has 5 heteroatoms. The summed E-state index contributed by atoms with van der Waals surface area (Å²) in [6.07, 6.45) is 3.19. The molecule has 3 N–H and O–H groups in total. The van der Waals surface area contributed by atoms with Crippen molar-refractivity contribution < 1.29 is 9.53 Å². The van der Waals surface area contributed by atoms with Gasteiger partial charge in [-0.1, -0.05) is 13.8 Å². The van der Waals surface area contributed by atoms with Crippen LogP contribution < -0.4 is 11.1 Å². The summed E-state index contributed by atoms with van der Waals surface area (Å²) in [6, 6.07) is 0.547. The van der Waals surface area contributed by atoms with E-state index in [2.05, 4.69) is 24.1 Å². The maximum absolute atomic E-state index is 12.1. The lowest BCUT2D eigenvalue weighted by Crippen LogP contribution is -2.63. The van der Waals surface area contributed by atoms with Crippen LogP contribution >= 0.6 is 0 Å². The summed E-state index contributed by atoms with van der Waals surface area (Å²) in [5, 5.41) is 3.16. The summed E-state index contributed by atoms with van der Waals surface area (Å²) < 4.78 is 5.69. The number of ether oxygens (including phenoxy) is 1. The molecule has 0 bridgehead atoms. The first-order chi connectivity index (χ1) is 9.43. The van der Waals surface area contributed by atoms with Gasteiger partial charge in [-0.25, -0.2) is 0 Å². The first kappa shape index (κ1) is 15.7. The number of nitrogens with two attached hydrogens (primary N) is 1. The molecule has 1 saturated carbocycles. The molecule has 1 heterocycles. The number of amides is 1. The second-order valence-corrected chi connectivity index (χ2v) is 6.73. The maximum Gasteiger partial charge on any atom is 0.234 e. The summed E-state index contributed by atoms with van der Waals surface area (Å²) in [5.74, 6) is 0.133. The normalized spacial score (nSPS) is 30.8. The van der Waals surface area contributed by atoms with Crippen LogP contribution in [0.25, 0.3) is 0 Å². The van der Waals surface area contributed by atoms with Crippen LogP contribution in [0.15, 0.2) is 0 Å². The molecular weight excluding hydrogens is 254 g/mol. The zero-order valence-corrected chi connectivity index (χ0v) is 13.0. The number of nitrogens with one attached hydrogen (secondary N) is 1. The molecule has 5 nitrogen and oxygen atoms in total. The topological polar surface area (TPSA) is 67.6 Å². The van der Waals surface area contributed by atoms with Crippen molar-refractivity contribution in [2.24, 2.45) is 11.1 Å². The molecule has 0 aromatic heterocycles. The van der Waals surface area contributed by atoms with Gasteiger partial charge in [-0.2, -0.15) is 0 Å². The quantitative estimate of drug-likeness (QED) is 0.780. The number of hydrogen-bond donors (Lipinski definition) is 2. The lowest BCUT2D eigenvalue weighted by atomic mass is 9.64. The van der Waals surface area contributed by atoms with Crippen molar-refractivity contribution in [1.82, 2.24) is 10.2 Å². The Morgan fingerprint density at radius 1 is 1.40 bits per heavy atom. The van der Waals surface area contributed by atoms with E-state index in [1.54, 1.807) is 0 Å². The van der Waals surface area contributed by atoms with E-state index in [0.717, 1.165) is 39.0 Å². The Hall–Kier alpha value is -0.650. The number of hydrogen-bond acceptors (Lipinski definition) is 4. The highest BCUT2D eigenvalue weighted by Crippen LogP contribution is 2.42. The van der Waals surface area contributed by atoms with Crippen LogP contribution in [-0.2, 0) is 9.53 Å². The first-order valence-corrected chi connectivity index (χ1v) is 7.82. The molecule has 1 aliphatic carbocycles. The Morgan fingerprint density at radius 3 is 2.60 bits per heavy atom. The molecule has 0 aromatic carbocycles. The fourth-order valence-electron chi connectivity index (χ4n) is 3.17. The molecule has 2 aliphatic rings. The van der Waals surface area contributed by atoms with Crippen LogP contribution in [-0.4, -0.2) is 55.2 Å². The fourth-order valence-corrected chi connectivity index (χ4v) is 3.17. The Morgan fingerprint density at radius 2 is 2.05 bits per heavy atom. The van der Waals surface area contributed by atoms with Crippen LogP contribution in [0.5, 0.6) is 0 Å². The third-order valence-corrected chi connectivity index (χ3v) is 4.88. The van der Waals surface area contributed by atoms with Gasteiger partial charge < -0.3 is 15.8 Å². The minimum Gasteiger partial charge on any atom is -0.378 e. The Balaban J connectivity index is 1.73. The second-order valence-electron chi connectivity index (χ2n) is 6.73. The van der Waals surface area contributed by atoms with Gasteiger partial charge in [0.25, 0.3) is 0 Å². The standard InChI is InChI=1S/C15H29N3O2/c1-4-20-13-9-12(15(13,2)3)17-14(19)10-18-7-5-11(16)6-8-18/h11-13H,4-10,16H2,1-3H3,(H,17,19). The molecule has 116 valence electrons. The van der Waals surface area contributed by atoms with Crippen LogP contribution in [0.4, 0.5) is 0 Å². The second kappa shape index (κ2) is 6.41. The number of carbonyl (C=O) groups is 1. The van der Waals surface area contributed by atoms with Crippen molar-refractivity contribution in [3.63, 3.8) is 0 Å². The third kappa shape index (κ3) is 3.51. The minimum absolute atomic E-state index is 0.0376. The van der Waals surface area contributed by atoms with Crippen molar-refractivity contribution in [2.45, 2.75) is 58.2 Å². The van der Waals surface area contributed by atoms with E-state index < -0.39 is 0 Å². The highest BCUT2D eigenvalue weighted by atomic mass is 16.5. The minimum atomic E-state index is 0.0376. The van der Waals surface area contributed by atoms with E-state index in [1.165, 1.54) is 0 Å². The summed E-state index contributed by atoms with van der Waals surface area (Å²) in [5.41, 5.74) is 5.91. The van der Waals surface area contributed by atoms with Crippen molar-refractivity contribution >= 4 is 5.91 Å². The van der Waals surface area contributed by atoms with Crippen molar-refractivity contribution in [3.8, 4) is 0 Å². The van der Waals surface area contributed by atoms with Gasteiger partial charge in [0.2, 0.25) is 5.91 Å². The summed E-state index contributed by atoms with van der Waals surface area (Å²) in [6.45, 7) is 9.46. The zero-order chi connectivity index (χ0) is 14.8. The van der Waals surface area contributed by atoms with Crippen LogP contribution in [0.2, 0.25) is 0 Å². The largest absolute Gasteiger partial charge is 0.378 e. The average Bonchev–Trinajstić information content (AvgIpc) is 2.40. The van der Waals surface area contributed by atoms with E-state index in [0.29, 0.717) is 12.6 Å². The Bertz CT molecular complexity index is 338. The molecule has 2 atom stereocenters. The summed E-state index contributed by atoms with van der Waals surface area (Å²) in [4.78, 5) is 14.3. The molecule has 2 fully saturated rings. The van der Waals surface area contributed by atoms with E-state index in [-0.39, 0.29) is 23.5 Å². The molecule has 0 aromatic rings. The van der Waals surface area contributed by atoms with Gasteiger partial charge in [0.05, 0.1) is 12.6 Å². The summed E-state index contributed by atoms with van der Waals surface area (Å²) >= 11 is 0. The third-order valence-electron chi connectivity index (χ3n) is 4.88. The first-order valence-electron chi connectivity index (χ1n) is 7.82. The van der Waals surface area contributed by atoms with Crippen LogP contribution in [0.3, 0.4) is 0 Å². The highest BCUT2D eigenvalue weighted by Gasteiger charge is 2.49. The predicted molar refractivity (Wildman–Crippen MR) is 79.4 cm³/mol. The van der Waals surface area contributed by atoms with Gasteiger partial charge >= 0.3 is 0 Å². The van der Waals surface area contributed by atoms with Gasteiger partial charge in [0.15, 0.2) is 0 Å². The average molecular weight is 283 g/mol. The smallest absolute Gasteiger partial charge is 0.234 e. The molecule has 20 heavy (non-hydrogen) atoms.